The SMILES string of the molecule is CC1(C(O)c2ccc(Cl)cc2)OC(=S)N(c2ccc(Cl)c(C(F)(F)F)c2)C1=O. The first-order valence-corrected chi connectivity index (χ1v) is 8.99. The van der Waals surface area contributed by atoms with E-state index >= 15 is 0 Å². The van der Waals surface area contributed by atoms with Crippen LogP contribution in [0, 0.1) is 0 Å². The van der Waals surface area contributed by atoms with Crippen molar-refractivity contribution in [1.29, 1.82) is 0 Å². The minimum atomic E-state index is -4.72. The predicted octanol–water partition coefficient (Wildman–Crippen LogP) is 5.15. The molecule has 0 aromatic heterocycles. The van der Waals surface area contributed by atoms with Gasteiger partial charge < -0.3 is 9.84 Å². The molecule has 0 radical (unpaired) electrons. The number of aliphatic hydroxyl groups is 1. The molecule has 1 aliphatic heterocycles. The second kappa shape index (κ2) is 7.18. The molecule has 2 aromatic carbocycles. The summed E-state index contributed by atoms with van der Waals surface area (Å²) in [6.07, 6.45) is -6.15. The average Bonchev–Trinajstić information content (AvgIpc) is 2.85. The van der Waals surface area contributed by atoms with Crippen LogP contribution in [0.15, 0.2) is 42.5 Å². The zero-order chi connectivity index (χ0) is 20.9. The van der Waals surface area contributed by atoms with E-state index in [4.69, 9.17) is 40.2 Å². The number of carbonyl (C=O) groups excluding carboxylic acids is 1. The topological polar surface area (TPSA) is 49.8 Å². The van der Waals surface area contributed by atoms with Crippen molar-refractivity contribution in [3.05, 3.63) is 63.6 Å². The molecule has 148 valence electrons. The number of amides is 1. The van der Waals surface area contributed by atoms with Gasteiger partial charge in [-0.05, 0) is 55.0 Å². The number of alkyl halides is 3. The summed E-state index contributed by atoms with van der Waals surface area (Å²) < 4.78 is 44.9. The Balaban J connectivity index is 1.99. The maximum atomic E-state index is 13.1. The number of anilines is 1. The fourth-order valence-electron chi connectivity index (χ4n) is 2.80. The average molecular weight is 450 g/mol. The number of halogens is 5. The first kappa shape index (κ1) is 20.9. The van der Waals surface area contributed by atoms with E-state index < -0.39 is 34.4 Å². The number of rotatable bonds is 3. The van der Waals surface area contributed by atoms with Crippen LogP contribution < -0.4 is 4.90 Å². The van der Waals surface area contributed by atoms with Crippen LogP contribution in [0.2, 0.25) is 10.0 Å². The van der Waals surface area contributed by atoms with Gasteiger partial charge in [-0.25, -0.2) is 4.90 Å². The molecule has 28 heavy (non-hydrogen) atoms. The summed E-state index contributed by atoms with van der Waals surface area (Å²) in [5.74, 6) is -0.810. The lowest BCUT2D eigenvalue weighted by atomic mass is 9.92. The molecule has 0 saturated carbocycles. The van der Waals surface area contributed by atoms with Crippen LogP contribution in [0.1, 0.15) is 24.2 Å². The fourth-order valence-corrected chi connectivity index (χ4v) is 3.52. The molecule has 1 heterocycles. The molecular formula is C18H12Cl2F3NO3S. The minimum absolute atomic E-state index is 0.168. The monoisotopic (exact) mass is 449 g/mol. The molecule has 4 nitrogen and oxygen atoms in total. The van der Waals surface area contributed by atoms with Crippen molar-refractivity contribution in [3.8, 4) is 0 Å². The zero-order valence-electron chi connectivity index (χ0n) is 14.1. The second-order valence-corrected chi connectivity index (χ2v) is 7.42. The molecule has 0 bridgehead atoms. The first-order valence-electron chi connectivity index (χ1n) is 7.83. The molecule has 0 spiro atoms. The van der Waals surface area contributed by atoms with Gasteiger partial charge in [0.1, 0.15) is 6.10 Å². The second-order valence-electron chi connectivity index (χ2n) is 6.23. The van der Waals surface area contributed by atoms with E-state index in [-0.39, 0.29) is 10.9 Å². The summed E-state index contributed by atoms with van der Waals surface area (Å²) in [6.45, 7) is 1.31. The van der Waals surface area contributed by atoms with E-state index in [0.717, 1.165) is 11.0 Å². The normalized spacial score (nSPS) is 21.0. The number of thiocarbonyl (C=S) groups is 1. The highest BCUT2D eigenvalue weighted by Gasteiger charge is 2.54. The highest BCUT2D eigenvalue weighted by Crippen LogP contribution is 2.41. The van der Waals surface area contributed by atoms with Gasteiger partial charge in [-0.1, -0.05) is 35.3 Å². The lowest BCUT2D eigenvalue weighted by molar-refractivity contribution is -0.138. The van der Waals surface area contributed by atoms with E-state index in [1.807, 2.05) is 0 Å². The van der Waals surface area contributed by atoms with Gasteiger partial charge in [0.25, 0.3) is 11.1 Å². The van der Waals surface area contributed by atoms with Crippen molar-refractivity contribution in [1.82, 2.24) is 0 Å². The molecule has 1 saturated heterocycles. The molecule has 3 rings (SSSR count). The lowest BCUT2D eigenvalue weighted by Crippen LogP contribution is -2.43. The Morgan fingerprint density at radius 2 is 1.79 bits per heavy atom. The molecule has 1 fully saturated rings. The quantitative estimate of drug-likeness (QED) is 0.658. The van der Waals surface area contributed by atoms with Gasteiger partial charge >= 0.3 is 6.18 Å². The molecule has 0 aliphatic carbocycles. The first-order chi connectivity index (χ1) is 12.9. The van der Waals surface area contributed by atoms with Crippen molar-refractivity contribution in [3.63, 3.8) is 0 Å². The fraction of sp³-hybridized carbons (Fsp3) is 0.222. The van der Waals surface area contributed by atoms with Crippen LogP contribution in [-0.4, -0.2) is 21.8 Å². The maximum Gasteiger partial charge on any atom is 0.417 e. The standard InChI is InChI=1S/C18H12Cl2F3NO3S/c1-17(14(25)9-2-4-10(19)5-3-9)15(26)24(16(28)27-17)11-6-7-13(20)12(8-11)18(21,22)23/h2-8,14,25H,1H3. The van der Waals surface area contributed by atoms with Crippen LogP contribution in [0.3, 0.4) is 0 Å². The van der Waals surface area contributed by atoms with Crippen molar-refractivity contribution < 1.29 is 27.8 Å². The lowest BCUT2D eigenvalue weighted by Gasteiger charge is -2.26. The summed E-state index contributed by atoms with van der Waals surface area (Å²) in [5.41, 5.74) is -2.78. The smallest absolute Gasteiger partial charge is 0.417 e. The van der Waals surface area contributed by atoms with Gasteiger partial charge in [0, 0.05) is 5.02 Å². The number of aliphatic hydroxyl groups excluding tert-OH is 1. The van der Waals surface area contributed by atoms with Crippen LogP contribution >= 0.6 is 35.4 Å². The van der Waals surface area contributed by atoms with Crippen LogP contribution in [0.4, 0.5) is 18.9 Å². The minimum Gasteiger partial charge on any atom is -0.451 e. The Bertz CT molecular complexity index is 952. The molecule has 10 heteroatoms. The van der Waals surface area contributed by atoms with Crippen LogP contribution in [-0.2, 0) is 15.7 Å². The van der Waals surface area contributed by atoms with Crippen molar-refractivity contribution in [2.45, 2.75) is 24.8 Å². The molecule has 1 N–H and O–H groups in total. The van der Waals surface area contributed by atoms with E-state index in [1.165, 1.54) is 37.3 Å². The third-order valence-electron chi connectivity index (χ3n) is 4.33. The van der Waals surface area contributed by atoms with Crippen molar-refractivity contribution >= 4 is 52.2 Å². The number of carbonyl (C=O) groups is 1. The third kappa shape index (κ3) is 3.57. The molecule has 2 atom stereocenters. The summed E-state index contributed by atoms with van der Waals surface area (Å²) in [4.78, 5) is 13.8. The van der Waals surface area contributed by atoms with Crippen LogP contribution in [0.5, 0.6) is 0 Å². The number of nitrogens with zero attached hydrogens (tertiary/aromatic N) is 1. The number of hydrogen-bond acceptors (Lipinski definition) is 4. The highest BCUT2D eigenvalue weighted by molar-refractivity contribution is 7.80. The largest absolute Gasteiger partial charge is 0.451 e. The Morgan fingerprint density at radius 3 is 2.36 bits per heavy atom. The summed E-state index contributed by atoms with van der Waals surface area (Å²) in [7, 11) is 0. The van der Waals surface area contributed by atoms with E-state index in [2.05, 4.69) is 0 Å². The van der Waals surface area contributed by atoms with Gasteiger partial charge in [0.05, 0.1) is 16.3 Å². The molecule has 1 amide bonds. The van der Waals surface area contributed by atoms with Crippen molar-refractivity contribution in [2.24, 2.45) is 0 Å². The van der Waals surface area contributed by atoms with E-state index in [1.54, 1.807) is 0 Å². The molecule has 1 aliphatic rings. The number of hydrogen-bond donors (Lipinski definition) is 1. The zero-order valence-corrected chi connectivity index (χ0v) is 16.5. The van der Waals surface area contributed by atoms with Crippen LogP contribution in [0.25, 0.3) is 0 Å². The van der Waals surface area contributed by atoms with E-state index in [0.29, 0.717) is 16.7 Å². The van der Waals surface area contributed by atoms with Crippen molar-refractivity contribution in [2.75, 3.05) is 4.90 Å². The summed E-state index contributed by atoms with van der Waals surface area (Å²) >= 11 is 16.5. The molecular weight excluding hydrogens is 438 g/mol. The van der Waals surface area contributed by atoms with Gasteiger partial charge in [0.15, 0.2) is 0 Å². The van der Waals surface area contributed by atoms with Gasteiger partial charge in [-0.15, -0.1) is 0 Å². The Kier molecular flexibility index (Phi) is 5.35. The predicted molar refractivity (Wildman–Crippen MR) is 102 cm³/mol. The number of benzene rings is 2. The summed E-state index contributed by atoms with van der Waals surface area (Å²) in [5, 5.41) is 10.2. The van der Waals surface area contributed by atoms with E-state index in [9.17, 15) is 23.1 Å². The van der Waals surface area contributed by atoms with Gasteiger partial charge in [0.2, 0.25) is 5.60 Å². The highest BCUT2D eigenvalue weighted by atomic mass is 35.5. The van der Waals surface area contributed by atoms with Gasteiger partial charge in [-0.3, -0.25) is 4.79 Å². The Hall–Kier alpha value is -1.87. The Labute approximate surface area is 173 Å². The maximum absolute atomic E-state index is 13.1. The van der Waals surface area contributed by atoms with Gasteiger partial charge in [-0.2, -0.15) is 13.2 Å². The molecule has 2 unspecified atom stereocenters. The number of ether oxygens (including phenoxy) is 1. The summed E-state index contributed by atoms with van der Waals surface area (Å²) in [6, 6.07) is 8.99. The Morgan fingerprint density at radius 1 is 1.18 bits per heavy atom. The third-order valence-corrected chi connectivity index (χ3v) is 5.18. The molecule has 2 aromatic rings.